The second-order valence-electron chi connectivity index (χ2n) is 7.70. The number of fused-ring (bicyclic) bond motifs is 1. The maximum atomic E-state index is 13.4. The quantitative estimate of drug-likeness (QED) is 0.462. The Labute approximate surface area is 180 Å². The van der Waals surface area contributed by atoms with Crippen molar-refractivity contribution in [3.63, 3.8) is 0 Å². The summed E-state index contributed by atoms with van der Waals surface area (Å²) in [6.07, 6.45) is -1.59. The summed E-state index contributed by atoms with van der Waals surface area (Å²) in [5, 5.41) is 6.49. The highest BCUT2D eigenvalue weighted by Crippen LogP contribution is 2.36. The molecule has 0 aromatic carbocycles. The number of nitrogens with one attached hydrogen (secondary N) is 2. The van der Waals surface area contributed by atoms with E-state index in [1.807, 2.05) is 20.8 Å². The number of nitrogens with zero attached hydrogens (tertiary/aromatic N) is 3. The summed E-state index contributed by atoms with van der Waals surface area (Å²) in [6.45, 7) is 5.62. The molecular weight excluding hydrogens is 431 g/mol. The highest BCUT2D eigenvalue weighted by atomic mass is 19.4. The normalized spacial score (nSPS) is 11.5. The zero-order valence-electron chi connectivity index (χ0n) is 18.0. The summed E-state index contributed by atoms with van der Waals surface area (Å²) in [5.74, 6) is -1.03. The van der Waals surface area contributed by atoms with E-state index in [1.165, 1.54) is 26.4 Å². The number of anilines is 1. The number of H-pyrrole nitrogens is 1. The second kappa shape index (κ2) is 9.20. The van der Waals surface area contributed by atoms with Crippen LogP contribution in [0.1, 0.15) is 36.7 Å². The topological polar surface area (TPSA) is 118 Å². The number of esters is 1. The molecule has 0 unspecified atom stereocenters. The first-order valence-electron chi connectivity index (χ1n) is 9.23. The summed E-state index contributed by atoms with van der Waals surface area (Å²) < 4.78 is 45.7. The van der Waals surface area contributed by atoms with Crippen molar-refractivity contribution in [2.24, 2.45) is 5.41 Å². The zero-order chi connectivity index (χ0) is 24.3. The van der Waals surface area contributed by atoms with Gasteiger partial charge in [-0.05, 0) is 12.1 Å². The number of methoxy groups -OCH3 is 1. The molecule has 3 aromatic rings. The van der Waals surface area contributed by atoms with Gasteiger partial charge in [0.25, 0.3) is 5.56 Å². The van der Waals surface area contributed by atoms with E-state index in [0.29, 0.717) is 0 Å². The molecule has 3 rings (SSSR count). The number of hydrogen-bond acceptors (Lipinski definition) is 7. The minimum absolute atomic E-state index is 0.0116. The fraction of sp³-hybridized carbons (Fsp3) is 0.350. The summed E-state index contributed by atoms with van der Waals surface area (Å²) >= 11 is 0. The molecule has 0 atom stereocenters. The Morgan fingerprint density at radius 3 is 2.38 bits per heavy atom. The van der Waals surface area contributed by atoms with Gasteiger partial charge in [0.15, 0.2) is 5.82 Å². The fourth-order valence-electron chi connectivity index (χ4n) is 2.37. The molecule has 0 bridgehead atoms. The van der Waals surface area contributed by atoms with Crippen molar-refractivity contribution in [3.05, 3.63) is 46.0 Å². The summed E-state index contributed by atoms with van der Waals surface area (Å²) in [4.78, 5) is 39.7. The largest absolute Gasteiger partial charge is 0.465 e. The Morgan fingerprint density at radius 1 is 1.25 bits per heavy atom. The molecule has 32 heavy (non-hydrogen) atoms. The zero-order valence-corrected chi connectivity index (χ0v) is 18.0. The van der Waals surface area contributed by atoms with Gasteiger partial charge in [-0.1, -0.05) is 20.8 Å². The first-order valence-corrected chi connectivity index (χ1v) is 9.23. The van der Waals surface area contributed by atoms with Crippen molar-refractivity contribution < 1.29 is 27.5 Å². The van der Waals surface area contributed by atoms with Gasteiger partial charge in [-0.2, -0.15) is 13.2 Å². The third kappa shape index (κ3) is 5.71. The molecule has 0 saturated heterocycles. The van der Waals surface area contributed by atoms with Crippen molar-refractivity contribution in [2.45, 2.75) is 26.9 Å². The van der Waals surface area contributed by atoms with Gasteiger partial charge in [0.1, 0.15) is 17.6 Å². The molecule has 0 radical (unpaired) electrons. The van der Waals surface area contributed by atoms with Crippen LogP contribution in [-0.2, 0) is 15.7 Å². The van der Waals surface area contributed by atoms with Crippen LogP contribution in [0.15, 0.2) is 29.3 Å². The maximum Gasteiger partial charge on any atom is 0.417 e. The van der Waals surface area contributed by atoms with Gasteiger partial charge < -0.3 is 19.8 Å². The third-order valence-corrected chi connectivity index (χ3v) is 3.97. The molecule has 0 fully saturated rings. The predicted molar refractivity (Wildman–Crippen MR) is 110 cm³/mol. The monoisotopic (exact) mass is 453 g/mol. The highest BCUT2D eigenvalue weighted by Gasteiger charge is 2.35. The minimum Gasteiger partial charge on any atom is -0.465 e. The van der Waals surface area contributed by atoms with Crippen LogP contribution in [0.2, 0.25) is 0 Å². The van der Waals surface area contributed by atoms with Crippen molar-refractivity contribution in [1.29, 1.82) is 0 Å². The second-order valence-corrected chi connectivity index (χ2v) is 7.70. The van der Waals surface area contributed by atoms with Gasteiger partial charge in [0.2, 0.25) is 0 Å². The summed E-state index contributed by atoms with van der Waals surface area (Å²) in [5.41, 5.74) is -2.23. The Hall–Kier alpha value is -3.70. The van der Waals surface area contributed by atoms with Crippen LogP contribution >= 0.6 is 0 Å². The smallest absolute Gasteiger partial charge is 0.417 e. The molecule has 12 heteroatoms. The van der Waals surface area contributed by atoms with Gasteiger partial charge in [-0.15, -0.1) is 5.10 Å². The summed E-state index contributed by atoms with van der Waals surface area (Å²) in [7, 11) is 2.60. The third-order valence-electron chi connectivity index (χ3n) is 3.97. The Balaban J connectivity index is 0.000000534. The van der Waals surface area contributed by atoms with Crippen molar-refractivity contribution in [3.8, 4) is 11.4 Å². The molecule has 3 aromatic heterocycles. The van der Waals surface area contributed by atoms with Crippen molar-refractivity contribution in [2.75, 3.05) is 19.5 Å². The maximum absolute atomic E-state index is 13.4. The molecule has 172 valence electrons. The molecule has 2 N–H and O–H groups in total. The van der Waals surface area contributed by atoms with Crippen LogP contribution in [0.25, 0.3) is 16.9 Å². The van der Waals surface area contributed by atoms with Crippen LogP contribution in [0.5, 0.6) is 0 Å². The molecule has 0 spiro atoms. The van der Waals surface area contributed by atoms with E-state index in [1.54, 1.807) is 0 Å². The first-order chi connectivity index (χ1) is 14.8. The molecule has 9 nitrogen and oxygen atoms in total. The molecule has 0 aliphatic heterocycles. The number of alkyl halides is 3. The van der Waals surface area contributed by atoms with Crippen LogP contribution < -0.4 is 10.9 Å². The van der Waals surface area contributed by atoms with E-state index < -0.39 is 28.8 Å². The van der Waals surface area contributed by atoms with Gasteiger partial charge in [-0.3, -0.25) is 4.79 Å². The van der Waals surface area contributed by atoms with E-state index in [-0.39, 0.29) is 28.1 Å². The summed E-state index contributed by atoms with van der Waals surface area (Å²) in [6, 6.07) is 2.05. The number of aldehydes is 1. The molecule has 3 heterocycles. The van der Waals surface area contributed by atoms with E-state index in [0.717, 1.165) is 23.1 Å². The lowest BCUT2D eigenvalue weighted by atomic mass is 10.0. The van der Waals surface area contributed by atoms with Crippen LogP contribution in [0.3, 0.4) is 0 Å². The number of rotatable bonds is 3. The number of aromatic amines is 1. The van der Waals surface area contributed by atoms with E-state index in [9.17, 15) is 27.6 Å². The number of hydrogen-bond donors (Lipinski definition) is 2. The Bertz CT molecular complexity index is 1190. The molecular formula is C20H22F3N5O4. The fourth-order valence-corrected chi connectivity index (χ4v) is 2.37. The Morgan fingerprint density at radius 2 is 1.88 bits per heavy atom. The van der Waals surface area contributed by atoms with E-state index >= 15 is 0 Å². The lowest BCUT2D eigenvalue weighted by molar-refractivity contribution is -0.137. The predicted octanol–water partition coefficient (Wildman–Crippen LogP) is 3.16. The van der Waals surface area contributed by atoms with Gasteiger partial charge in [0, 0.05) is 30.4 Å². The van der Waals surface area contributed by atoms with Crippen LogP contribution in [-0.4, -0.2) is 46.0 Å². The standard InChI is InChI=1S/C15H12F3N5O3.C5H10O/c1-19-11-4-9(15(16,17)18)8(5-20-11)12-21-13(24)10-3-7(14(25)26-2)6-23(10)22-12;1-5(2,3)4-6/h3-6H,1-2H3,(H,19,20)(H,21,22,24);4H,1-3H3. The number of pyridine rings is 1. The van der Waals surface area contributed by atoms with E-state index in [4.69, 9.17) is 0 Å². The number of halogens is 3. The number of carbonyl (C=O) groups excluding carboxylic acids is 2. The highest BCUT2D eigenvalue weighted by molar-refractivity contribution is 5.90. The van der Waals surface area contributed by atoms with Crippen molar-refractivity contribution in [1.82, 2.24) is 19.6 Å². The van der Waals surface area contributed by atoms with E-state index in [2.05, 4.69) is 25.1 Å². The molecule has 0 amide bonds. The van der Waals surface area contributed by atoms with Crippen molar-refractivity contribution >= 4 is 23.6 Å². The minimum atomic E-state index is -4.69. The van der Waals surface area contributed by atoms with Gasteiger partial charge >= 0.3 is 12.1 Å². The lowest BCUT2D eigenvalue weighted by Crippen LogP contribution is -2.16. The van der Waals surface area contributed by atoms with Crippen LogP contribution in [0, 0.1) is 5.41 Å². The molecule has 0 aliphatic carbocycles. The lowest BCUT2D eigenvalue weighted by Gasteiger charge is -2.13. The van der Waals surface area contributed by atoms with Gasteiger partial charge in [-0.25, -0.2) is 14.3 Å². The van der Waals surface area contributed by atoms with Gasteiger partial charge in [0.05, 0.1) is 18.2 Å². The number of aromatic nitrogens is 4. The molecule has 0 saturated carbocycles. The Kier molecular flexibility index (Phi) is 7.06. The SMILES string of the molecule is CC(C)(C)C=O.CNc1cc(C(F)(F)F)c(-c2nn3cc(C(=O)OC)cc3c(=O)[nH]2)cn1. The molecule has 0 aliphatic rings. The average Bonchev–Trinajstić information content (AvgIpc) is 3.17. The number of carbonyl (C=O) groups is 2. The first kappa shape index (κ1) is 24.6. The number of ether oxygens (including phenoxy) is 1. The van der Waals surface area contributed by atoms with Crippen LogP contribution in [0.4, 0.5) is 19.0 Å². The average molecular weight is 453 g/mol.